The molecule has 0 aliphatic rings. The van der Waals surface area contributed by atoms with E-state index in [1.165, 1.54) is 15.4 Å². The van der Waals surface area contributed by atoms with Gasteiger partial charge in [-0.05, 0) is 38.6 Å². The van der Waals surface area contributed by atoms with Gasteiger partial charge in [-0.3, -0.25) is 4.40 Å². The highest BCUT2D eigenvalue weighted by molar-refractivity contribution is 7.17. The quantitative estimate of drug-likeness (QED) is 0.777. The molecule has 3 rings (SSSR count). The van der Waals surface area contributed by atoms with E-state index in [0.29, 0.717) is 6.04 Å². The maximum atomic E-state index is 4.63. The minimum atomic E-state index is 0.471. The van der Waals surface area contributed by atoms with Gasteiger partial charge >= 0.3 is 0 Å². The molecule has 0 aliphatic carbocycles. The summed E-state index contributed by atoms with van der Waals surface area (Å²) in [5.74, 6) is 0. The molecule has 0 aromatic carbocycles. The van der Waals surface area contributed by atoms with Crippen molar-refractivity contribution in [3.05, 3.63) is 44.9 Å². The average molecular weight is 305 g/mol. The van der Waals surface area contributed by atoms with E-state index in [9.17, 15) is 0 Å². The largest absolute Gasteiger partial charge is 0.308 e. The Morgan fingerprint density at radius 1 is 1.40 bits per heavy atom. The molecule has 5 heteroatoms. The number of hydrogen-bond donors (Lipinski definition) is 1. The first-order valence-electron chi connectivity index (χ1n) is 6.83. The molecule has 0 bridgehead atoms. The molecule has 3 heterocycles. The minimum absolute atomic E-state index is 0.471. The van der Waals surface area contributed by atoms with Gasteiger partial charge in [0, 0.05) is 28.5 Å². The van der Waals surface area contributed by atoms with E-state index in [1.807, 2.05) is 11.3 Å². The predicted molar refractivity (Wildman–Crippen MR) is 86.9 cm³/mol. The first-order valence-corrected chi connectivity index (χ1v) is 8.53. The number of thiazole rings is 1. The fourth-order valence-electron chi connectivity index (χ4n) is 2.40. The van der Waals surface area contributed by atoms with Crippen molar-refractivity contribution in [2.45, 2.75) is 39.8 Å². The molecule has 0 aliphatic heterocycles. The number of nitrogens with zero attached hydrogens (tertiary/aromatic N) is 2. The monoisotopic (exact) mass is 305 g/mol. The lowest BCUT2D eigenvalue weighted by Crippen LogP contribution is -2.28. The van der Waals surface area contributed by atoms with Crippen molar-refractivity contribution in [1.82, 2.24) is 14.7 Å². The van der Waals surface area contributed by atoms with E-state index in [2.05, 4.69) is 59.2 Å². The Balaban J connectivity index is 1.68. The molecule has 1 unspecified atom stereocenters. The van der Waals surface area contributed by atoms with Gasteiger partial charge in [0.25, 0.3) is 0 Å². The topological polar surface area (TPSA) is 29.3 Å². The van der Waals surface area contributed by atoms with Crippen molar-refractivity contribution < 1.29 is 0 Å². The fraction of sp³-hybridized carbons (Fsp3) is 0.400. The average Bonchev–Trinajstić information content (AvgIpc) is 3.05. The van der Waals surface area contributed by atoms with Gasteiger partial charge in [0.05, 0.1) is 11.4 Å². The summed E-state index contributed by atoms with van der Waals surface area (Å²) in [6.45, 7) is 7.34. The Morgan fingerprint density at radius 3 is 3.00 bits per heavy atom. The van der Waals surface area contributed by atoms with Gasteiger partial charge in [-0.15, -0.1) is 22.7 Å². The zero-order chi connectivity index (χ0) is 14.1. The Labute approximate surface area is 127 Å². The number of aryl methyl sites for hydroxylation is 2. The van der Waals surface area contributed by atoms with Gasteiger partial charge in [0.15, 0.2) is 4.96 Å². The molecular formula is C15H19N3S2. The lowest BCUT2D eigenvalue weighted by molar-refractivity contribution is 0.540. The molecule has 1 N–H and O–H groups in total. The number of hydrogen-bond acceptors (Lipinski definition) is 4. The Hall–Kier alpha value is -1.17. The van der Waals surface area contributed by atoms with Gasteiger partial charge < -0.3 is 5.32 Å². The SMILES string of the molecule is Cc1cn2c(CNC(C)Cc3cccs3)c(C)nc2s1. The summed E-state index contributed by atoms with van der Waals surface area (Å²) in [6, 6.07) is 4.79. The van der Waals surface area contributed by atoms with Gasteiger partial charge in [0.2, 0.25) is 0 Å². The summed E-state index contributed by atoms with van der Waals surface area (Å²) >= 11 is 3.58. The lowest BCUT2D eigenvalue weighted by atomic mass is 10.2. The minimum Gasteiger partial charge on any atom is -0.308 e. The van der Waals surface area contributed by atoms with Crippen molar-refractivity contribution in [3.63, 3.8) is 0 Å². The normalized spacial score (nSPS) is 13.2. The molecular weight excluding hydrogens is 286 g/mol. The lowest BCUT2D eigenvalue weighted by Gasteiger charge is -2.12. The number of aromatic nitrogens is 2. The number of nitrogens with one attached hydrogen (secondary N) is 1. The molecule has 3 nitrogen and oxygen atoms in total. The van der Waals surface area contributed by atoms with E-state index in [4.69, 9.17) is 0 Å². The van der Waals surface area contributed by atoms with Gasteiger partial charge in [-0.2, -0.15) is 0 Å². The van der Waals surface area contributed by atoms with Crippen LogP contribution in [0.4, 0.5) is 0 Å². The molecule has 106 valence electrons. The zero-order valence-corrected chi connectivity index (χ0v) is 13.6. The van der Waals surface area contributed by atoms with E-state index < -0.39 is 0 Å². The van der Waals surface area contributed by atoms with E-state index >= 15 is 0 Å². The Morgan fingerprint density at radius 2 is 2.25 bits per heavy atom. The second kappa shape index (κ2) is 5.68. The van der Waals surface area contributed by atoms with Gasteiger partial charge in [0.1, 0.15) is 0 Å². The van der Waals surface area contributed by atoms with E-state index in [-0.39, 0.29) is 0 Å². The highest BCUT2D eigenvalue weighted by atomic mass is 32.1. The molecule has 0 amide bonds. The molecule has 1 atom stereocenters. The van der Waals surface area contributed by atoms with Crippen LogP contribution in [-0.2, 0) is 13.0 Å². The summed E-state index contributed by atoms with van der Waals surface area (Å²) in [4.78, 5) is 8.47. The molecule has 3 aromatic rings. The van der Waals surface area contributed by atoms with Crippen LogP contribution in [0.1, 0.15) is 28.1 Å². The van der Waals surface area contributed by atoms with Crippen LogP contribution < -0.4 is 5.32 Å². The third-order valence-electron chi connectivity index (χ3n) is 3.45. The summed E-state index contributed by atoms with van der Waals surface area (Å²) in [5, 5.41) is 5.76. The number of rotatable bonds is 5. The Bertz CT molecular complexity index is 694. The summed E-state index contributed by atoms with van der Waals surface area (Å²) in [6.07, 6.45) is 3.27. The van der Waals surface area contributed by atoms with Gasteiger partial charge in [-0.25, -0.2) is 4.98 Å². The van der Waals surface area contributed by atoms with E-state index in [1.54, 1.807) is 11.3 Å². The second-order valence-corrected chi connectivity index (χ2v) is 7.45. The van der Waals surface area contributed by atoms with Crippen LogP contribution in [-0.4, -0.2) is 15.4 Å². The van der Waals surface area contributed by atoms with Crippen LogP contribution in [0.2, 0.25) is 0 Å². The predicted octanol–water partition coefficient (Wildman–Crippen LogP) is 3.79. The van der Waals surface area contributed by atoms with Crippen LogP contribution in [0.3, 0.4) is 0 Å². The maximum Gasteiger partial charge on any atom is 0.194 e. The standard InChI is InChI=1S/C15H19N3S2/c1-10(7-13-5-4-6-19-13)16-8-14-12(3)17-15-18(14)9-11(2)20-15/h4-6,9-10,16H,7-8H2,1-3H3. The third-order valence-corrected chi connectivity index (χ3v) is 5.24. The van der Waals surface area contributed by atoms with Crippen LogP contribution in [0.25, 0.3) is 4.96 Å². The maximum absolute atomic E-state index is 4.63. The molecule has 0 saturated heterocycles. The molecule has 0 fully saturated rings. The molecule has 3 aromatic heterocycles. The van der Waals surface area contributed by atoms with Gasteiger partial charge in [-0.1, -0.05) is 6.07 Å². The highest BCUT2D eigenvalue weighted by Crippen LogP contribution is 2.20. The van der Waals surface area contributed by atoms with Crippen LogP contribution in [0, 0.1) is 13.8 Å². The third kappa shape index (κ3) is 2.80. The molecule has 0 radical (unpaired) electrons. The van der Waals surface area contributed by atoms with Crippen molar-refractivity contribution >= 4 is 27.6 Å². The second-order valence-electron chi connectivity index (χ2n) is 5.20. The summed E-state index contributed by atoms with van der Waals surface area (Å²) < 4.78 is 2.22. The number of imidazole rings is 1. The van der Waals surface area contributed by atoms with Crippen molar-refractivity contribution in [2.24, 2.45) is 0 Å². The van der Waals surface area contributed by atoms with Crippen LogP contribution in [0.5, 0.6) is 0 Å². The smallest absolute Gasteiger partial charge is 0.194 e. The zero-order valence-electron chi connectivity index (χ0n) is 12.0. The summed E-state index contributed by atoms with van der Waals surface area (Å²) in [5.41, 5.74) is 2.41. The fourth-order valence-corrected chi connectivity index (χ4v) is 4.12. The van der Waals surface area contributed by atoms with Crippen LogP contribution >= 0.6 is 22.7 Å². The molecule has 0 spiro atoms. The Kier molecular flexibility index (Phi) is 3.92. The first kappa shape index (κ1) is 13.8. The van der Waals surface area contributed by atoms with Crippen molar-refractivity contribution in [1.29, 1.82) is 0 Å². The molecule has 0 saturated carbocycles. The number of thiophene rings is 1. The van der Waals surface area contributed by atoms with Crippen molar-refractivity contribution in [3.8, 4) is 0 Å². The highest BCUT2D eigenvalue weighted by Gasteiger charge is 2.12. The summed E-state index contributed by atoms with van der Waals surface area (Å²) in [7, 11) is 0. The van der Waals surface area contributed by atoms with Crippen molar-refractivity contribution in [2.75, 3.05) is 0 Å². The van der Waals surface area contributed by atoms with E-state index in [0.717, 1.165) is 23.6 Å². The molecule has 20 heavy (non-hydrogen) atoms. The number of fused-ring (bicyclic) bond motifs is 1. The van der Waals surface area contributed by atoms with Crippen LogP contribution in [0.15, 0.2) is 23.7 Å². The first-order chi connectivity index (χ1) is 9.63.